The van der Waals surface area contributed by atoms with Crippen molar-refractivity contribution in [3.05, 3.63) is 102 Å². The highest BCUT2D eigenvalue weighted by molar-refractivity contribution is 6.31. The topological polar surface area (TPSA) is 116 Å². The van der Waals surface area contributed by atoms with Gasteiger partial charge >= 0.3 is 0 Å². The number of likely N-dealkylation sites (N-methyl/N-ethyl adjacent to an activating group) is 1. The van der Waals surface area contributed by atoms with Gasteiger partial charge in [-0.1, -0.05) is 43.3 Å². The molecule has 0 spiro atoms. The predicted octanol–water partition coefficient (Wildman–Crippen LogP) is 8.37. The van der Waals surface area contributed by atoms with Crippen molar-refractivity contribution < 1.29 is 28.5 Å². The summed E-state index contributed by atoms with van der Waals surface area (Å²) in [5, 5.41) is 11.1. The second-order valence-corrected chi connectivity index (χ2v) is 14.3. The van der Waals surface area contributed by atoms with Gasteiger partial charge in [-0.3, -0.25) is 14.2 Å². The summed E-state index contributed by atoms with van der Waals surface area (Å²) in [6.45, 7) is 14.1. The number of benzene rings is 4. The Balaban J connectivity index is 0.827. The number of methoxy groups -OCH3 is 1. The summed E-state index contributed by atoms with van der Waals surface area (Å²) in [6.07, 6.45) is 3.35. The first-order valence-electron chi connectivity index (χ1n) is 19.6. The summed E-state index contributed by atoms with van der Waals surface area (Å²) in [5.74, 6) is 0.377. The number of hydrogen-bond donors (Lipinski definition) is 2. The largest absolute Gasteiger partial charge is 0.497 e. The van der Waals surface area contributed by atoms with Crippen molar-refractivity contribution in [2.24, 2.45) is 0 Å². The summed E-state index contributed by atoms with van der Waals surface area (Å²) in [7, 11) is 1.68. The minimum atomic E-state index is -0.215. The van der Waals surface area contributed by atoms with Crippen LogP contribution in [0, 0.1) is 0 Å². The van der Waals surface area contributed by atoms with E-state index in [1.807, 2.05) is 66.7 Å². The van der Waals surface area contributed by atoms with E-state index in [0.717, 1.165) is 87.5 Å². The van der Waals surface area contributed by atoms with Crippen molar-refractivity contribution in [1.29, 1.82) is 0 Å². The molecule has 300 valence electrons. The van der Waals surface area contributed by atoms with Gasteiger partial charge in [0, 0.05) is 51.3 Å². The molecule has 2 N–H and O–H groups in total. The van der Waals surface area contributed by atoms with Gasteiger partial charge in [0.1, 0.15) is 5.75 Å². The van der Waals surface area contributed by atoms with Crippen LogP contribution in [0.15, 0.2) is 91.5 Å². The molecule has 11 nitrogen and oxygen atoms in total. The number of para-hydroxylation sites is 1. The van der Waals surface area contributed by atoms with Crippen molar-refractivity contribution in [3.63, 3.8) is 0 Å². The van der Waals surface area contributed by atoms with Gasteiger partial charge in [-0.25, -0.2) is 4.98 Å². The molecule has 0 aliphatic rings. The van der Waals surface area contributed by atoms with Gasteiger partial charge in [-0.05, 0) is 99.6 Å². The second-order valence-electron chi connectivity index (χ2n) is 13.9. The Morgan fingerprint density at radius 1 is 0.842 bits per heavy atom. The molecule has 0 fully saturated rings. The number of carbonyl (C=O) groups is 2. The molecule has 57 heavy (non-hydrogen) atoms. The van der Waals surface area contributed by atoms with Gasteiger partial charge in [-0.2, -0.15) is 0 Å². The molecule has 2 aromatic heterocycles. The quantitative estimate of drug-likeness (QED) is 0.0398. The number of hydrogen-bond acceptors (Lipinski definition) is 9. The van der Waals surface area contributed by atoms with E-state index < -0.39 is 0 Å². The lowest BCUT2D eigenvalue weighted by Crippen LogP contribution is -2.30. The number of allylic oxidation sites excluding steroid dienone is 1. The summed E-state index contributed by atoms with van der Waals surface area (Å²) in [6, 6.07) is 25.0. The molecule has 1 amide bonds. The lowest BCUT2D eigenvalue weighted by Gasteiger charge is -2.23. The van der Waals surface area contributed by atoms with Gasteiger partial charge in [0.05, 0.1) is 74.5 Å². The third-order valence-corrected chi connectivity index (χ3v) is 10.3. The number of amides is 1. The van der Waals surface area contributed by atoms with E-state index in [1.165, 1.54) is 6.08 Å². The average molecular weight is 794 g/mol. The summed E-state index contributed by atoms with van der Waals surface area (Å²) in [4.78, 5) is 32.7. The van der Waals surface area contributed by atoms with Gasteiger partial charge in [0.25, 0.3) is 11.8 Å². The number of ether oxygens (including phenoxy) is 4. The lowest BCUT2D eigenvalue weighted by molar-refractivity contribution is 0.0112. The molecule has 2 heterocycles. The zero-order chi connectivity index (χ0) is 40.1. The maximum atomic E-state index is 12.9. The molecule has 0 bridgehead atoms. The highest BCUT2D eigenvalue weighted by atomic mass is 35.5. The zero-order valence-corrected chi connectivity index (χ0v) is 33.8. The highest BCUT2D eigenvalue weighted by Gasteiger charge is 2.17. The minimum Gasteiger partial charge on any atom is -0.497 e. The van der Waals surface area contributed by atoms with Crippen molar-refractivity contribution in [1.82, 2.24) is 19.8 Å². The Bertz CT molecular complexity index is 2330. The molecule has 4 aromatic carbocycles. The Labute approximate surface area is 338 Å². The first-order valence-corrected chi connectivity index (χ1v) is 20.0. The summed E-state index contributed by atoms with van der Waals surface area (Å²) >= 11 is 6.31. The average Bonchev–Trinajstić information content (AvgIpc) is 3.56. The van der Waals surface area contributed by atoms with E-state index in [2.05, 4.69) is 36.0 Å². The van der Waals surface area contributed by atoms with Gasteiger partial charge in [-0.15, -0.1) is 0 Å². The van der Waals surface area contributed by atoms with Crippen LogP contribution in [0.5, 0.6) is 5.75 Å². The van der Waals surface area contributed by atoms with E-state index in [1.54, 1.807) is 23.8 Å². The van der Waals surface area contributed by atoms with Crippen LogP contribution in [-0.4, -0.2) is 105 Å². The Kier molecular flexibility index (Phi) is 14.9. The molecule has 6 aromatic rings. The summed E-state index contributed by atoms with van der Waals surface area (Å²) < 4.78 is 24.3. The Morgan fingerprint density at radius 2 is 1.60 bits per heavy atom. The molecule has 0 aliphatic carbocycles. The Morgan fingerprint density at radius 3 is 2.37 bits per heavy atom. The molecule has 0 aliphatic heterocycles. The van der Waals surface area contributed by atoms with E-state index in [0.29, 0.717) is 56.8 Å². The van der Waals surface area contributed by atoms with E-state index in [4.69, 9.17) is 35.5 Å². The van der Waals surface area contributed by atoms with Crippen LogP contribution in [0.2, 0.25) is 5.02 Å². The zero-order valence-electron chi connectivity index (χ0n) is 33.0. The number of fused-ring (bicyclic) bond motifs is 5. The summed E-state index contributed by atoms with van der Waals surface area (Å²) in [5.41, 5.74) is 4.84. The van der Waals surface area contributed by atoms with Crippen LogP contribution in [0.25, 0.3) is 43.6 Å². The lowest BCUT2D eigenvalue weighted by atomic mass is 10.1. The van der Waals surface area contributed by atoms with Crippen LogP contribution in [0.4, 0.5) is 5.69 Å². The first kappa shape index (κ1) is 41.6. The SMILES string of the molecule is C=CC(=O)n1c2ccccc2c2cc(C(=O)NCCOCCOCCOCCN(CC)CCC[C@H](C)Nc3c4ccc(Cl)cc4nc4ccc(OC)cc34)ccc21. The fourth-order valence-corrected chi connectivity index (χ4v) is 7.23. The number of nitrogens with zero attached hydrogens (tertiary/aromatic N) is 3. The molecule has 6 rings (SSSR count). The molecule has 12 heteroatoms. The fraction of sp³-hybridized carbons (Fsp3) is 0.356. The first-order chi connectivity index (χ1) is 27.8. The van der Waals surface area contributed by atoms with Crippen LogP contribution >= 0.6 is 11.6 Å². The predicted molar refractivity (Wildman–Crippen MR) is 230 cm³/mol. The van der Waals surface area contributed by atoms with Crippen molar-refractivity contribution in [2.45, 2.75) is 32.7 Å². The van der Waals surface area contributed by atoms with Crippen molar-refractivity contribution in [2.75, 3.05) is 78.2 Å². The standard InChI is InChI=1S/C45H52ClN5O6/c1-5-43(52)51-41-12-8-7-11-35(41)37-28-32(13-18-42(37)51)45(53)47-19-22-55-24-26-57-27-25-56-23-21-50(6-2)20-9-10-31(3)48-44-36-16-14-33(46)29-40(36)49-39-17-15-34(54-4)30-38(39)44/h5,7-8,11-18,28-31H,1,6,9-10,19-27H2,2-4H3,(H,47,53)(H,48,49)/t31-/m0/s1. The molecule has 0 saturated carbocycles. The monoisotopic (exact) mass is 793 g/mol. The van der Waals surface area contributed by atoms with E-state index >= 15 is 0 Å². The normalized spacial score (nSPS) is 12.2. The van der Waals surface area contributed by atoms with Crippen molar-refractivity contribution >= 4 is 72.7 Å². The van der Waals surface area contributed by atoms with Crippen LogP contribution < -0.4 is 15.4 Å². The van der Waals surface area contributed by atoms with Gasteiger partial charge in [0.2, 0.25) is 0 Å². The smallest absolute Gasteiger partial charge is 0.254 e. The van der Waals surface area contributed by atoms with Gasteiger partial charge in [0.15, 0.2) is 0 Å². The molecule has 0 unspecified atom stereocenters. The Hall–Kier alpha value is -5.04. The molecule has 0 radical (unpaired) electrons. The number of rotatable bonds is 22. The molecule has 0 saturated heterocycles. The minimum absolute atomic E-state index is 0.203. The van der Waals surface area contributed by atoms with Gasteiger partial charge < -0.3 is 34.5 Å². The van der Waals surface area contributed by atoms with E-state index in [9.17, 15) is 9.59 Å². The molecular formula is C45H52ClN5O6. The highest BCUT2D eigenvalue weighted by Crippen LogP contribution is 2.35. The maximum Gasteiger partial charge on any atom is 0.254 e. The molecule has 1 atom stereocenters. The van der Waals surface area contributed by atoms with E-state index in [-0.39, 0.29) is 17.9 Å². The number of carbonyl (C=O) groups excluding carboxylic acids is 2. The van der Waals surface area contributed by atoms with Crippen LogP contribution in [0.1, 0.15) is 41.8 Å². The number of pyridine rings is 1. The number of anilines is 1. The fourth-order valence-electron chi connectivity index (χ4n) is 7.06. The third-order valence-electron chi connectivity index (χ3n) is 10.1. The van der Waals surface area contributed by atoms with Crippen LogP contribution in [0.3, 0.4) is 0 Å². The maximum absolute atomic E-state index is 12.9. The third kappa shape index (κ3) is 10.5. The molecular weight excluding hydrogens is 742 g/mol. The van der Waals surface area contributed by atoms with Crippen molar-refractivity contribution in [3.8, 4) is 5.75 Å². The van der Waals surface area contributed by atoms with Crippen LogP contribution in [-0.2, 0) is 14.2 Å². The number of nitrogens with one attached hydrogen (secondary N) is 2. The second kappa shape index (κ2) is 20.4. The number of aromatic nitrogens is 2. The number of halogens is 1.